The van der Waals surface area contributed by atoms with Gasteiger partial charge in [0.1, 0.15) is 0 Å². The van der Waals surface area contributed by atoms with Gasteiger partial charge in [-0.25, -0.2) is 4.79 Å². The number of aliphatic hydroxyl groups is 1. The Hall–Kier alpha value is -1.20. The third-order valence-electron chi connectivity index (χ3n) is 4.88. The molecule has 0 radical (unpaired) electrons. The van der Waals surface area contributed by atoms with Crippen molar-refractivity contribution in [2.24, 2.45) is 11.7 Å². The van der Waals surface area contributed by atoms with Crippen LogP contribution in [0.3, 0.4) is 0 Å². The minimum Gasteiger partial charge on any atom is -0.389 e. The van der Waals surface area contributed by atoms with Gasteiger partial charge < -0.3 is 15.7 Å². The summed E-state index contributed by atoms with van der Waals surface area (Å²) >= 11 is 1.74. The second-order valence-electron chi connectivity index (χ2n) is 6.86. The molecule has 1 aromatic rings. The van der Waals surface area contributed by atoms with Gasteiger partial charge in [-0.3, -0.25) is 0 Å². The van der Waals surface area contributed by atoms with Crippen molar-refractivity contribution in [3.05, 3.63) is 29.8 Å². The highest BCUT2D eigenvalue weighted by molar-refractivity contribution is 7.99. The summed E-state index contributed by atoms with van der Waals surface area (Å²) in [6.07, 6.45) is 4.97. The molecule has 24 heavy (non-hydrogen) atoms. The lowest BCUT2D eigenvalue weighted by Crippen LogP contribution is -2.45. The summed E-state index contributed by atoms with van der Waals surface area (Å²) in [4.78, 5) is 14.8. The van der Waals surface area contributed by atoms with Crippen LogP contribution in [0.1, 0.15) is 57.6 Å². The Morgan fingerprint density at radius 1 is 1.33 bits per heavy atom. The number of carbonyl (C=O) groups excluding carboxylic acids is 1. The van der Waals surface area contributed by atoms with Gasteiger partial charge in [0, 0.05) is 17.5 Å². The molecular formula is C19H30N2O2S. The maximum absolute atomic E-state index is 11.8. The molecule has 0 bridgehead atoms. The van der Waals surface area contributed by atoms with Gasteiger partial charge in [-0.1, -0.05) is 25.1 Å². The molecule has 3 N–H and O–H groups in total. The number of hydrogen-bond donors (Lipinski definition) is 2. The summed E-state index contributed by atoms with van der Waals surface area (Å²) in [5, 5.41) is 9.83. The molecular weight excluding hydrogens is 320 g/mol. The van der Waals surface area contributed by atoms with E-state index in [2.05, 4.69) is 6.92 Å². The zero-order chi connectivity index (χ0) is 17.5. The highest BCUT2D eigenvalue weighted by Gasteiger charge is 2.25. The van der Waals surface area contributed by atoms with Crippen LogP contribution in [0.4, 0.5) is 4.79 Å². The molecule has 1 aromatic carbocycles. The smallest absolute Gasteiger partial charge is 0.315 e. The zero-order valence-corrected chi connectivity index (χ0v) is 15.6. The normalized spacial score (nSPS) is 22.1. The van der Waals surface area contributed by atoms with Gasteiger partial charge in [-0.15, -0.1) is 11.8 Å². The number of nitrogens with zero attached hydrogens (tertiary/aromatic N) is 1. The first-order chi connectivity index (χ1) is 11.5. The summed E-state index contributed by atoms with van der Waals surface area (Å²) in [7, 11) is 0. The van der Waals surface area contributed by atoms with Crippen LogP contribution in [-0.2, 0) is 0 Å². The van der Waals surface area contributed by atoms with Crippen LogP contribution in [0.25, 0.3) is 0 Å². The first-order valence-corrected chi connectivity index (χ1v) is 9.93. The number of nitrogens with two attached hydrogens (primary N) is 1. The van der Waals surface area contributed by atoms with Crippen LogP contribution < -0.4 is 5.73 Å². The molecule has 1 atom stereocenters. The number of rotatable bonds is 7. The van der Waals surface area contributed by atoms with Crippen LogP contribution in [0.2, 0.25) is 0 Å². The predicted octanol–water partition coefficient (Wildman–Crippen LogP) is 4.18. The molecule has 2 rings (SSSR count). The molecule has 5 heteroatoms. The summed E-state index contributed by atoms with van der Waals surface area (Å²) in [5.41, 5.74) is 6.57. The van der Waals surface area contributed by atoms with Crippen molar-refractivity contribution >= 4 is 17.8 Å². The van der Waals surface area contributed by atoms with Gasteiger partial charge in [0.25, 0.3) is 0 Å². The van der Waals surface area contributed by atoms with E-state index in [-0.39, 0.29) is 6.03 Å². The Bertz CT molecular complexity index is 528. The standard InChI is InChI=1S/C19H30N2O2S/c1-14-8-10-16(11-9-14)21(19(20)23)12-5-13-24-18-7-4-3-6-17(18)15(2)22/h3-4,6-7,14-16,22H,5,8-13H2,1-2H3,(H2,20,23). The van der Waals surface area contributed by atoms with E-state index in [1.165, 1.54) is 12.8 Å². The number of benzene rings is 1. The molecule has 0 spiro atoms. The third-order valence-corrected chi connectivity index (χ3v) is 6.05. The van der Waals surface area contributed by atoms with Crippen LogP contribution in [0.5, 0.6) is 0 Å². The molecule has 2 amide bonds. The topological polar surface area (TPSA) is 66.6 Å². The van der Waals surface area contributed by atoms with Crippen molar-refractivity contribution in [1.82, 2.24) is 4.90 Å². The van der Waals surface area contributed by atoms with E-state index >= 15 is 0 Å². The van der Waals surface area contributed by atoms with Crippen molar-refractivity contribution < 1.29 is 9.90 Å². The first kappa shape index (κ1) is 19.1. The molecule has 0 aromatic heterocycles. The number of thioether (sulfide) groups is 1. The van der Waals surface area contributed by atoms with Gasteiger partial charge in [-0.2, -0.15) is 0 Å². The van der Waals surface area contributed by atoms with E-state index in [1.54, 1.807) is 18.7 Å². The maximum Gasteiger partial charge on any atom is 0.315 e. The summed E-state index contributed by atoms with van der Waals surface area (Å²) in [6, 6.07) is 7.97. The average Bonchev–Trinajstić information content (AvgIpc) is 2.56. The number of aliphatic hydroxyl groups excluding tert-OH is 1. The fraction of sp³-hybridized carbons (Fsp3) is 0.632. The monoisotopic (exact) mass is 350 g/mol. The third kappa shape index (κ3) is 5.42. The highest BCUT2D eigenvalue weighted by Crippen LogP contribution is 2.29. The number of primary amides is 1. The minimum atomic E-state index is -0.458. The van der Waals surface area contributed by atoms with Crippen molar-refractivity contribution in [2.45, 2.75) is 63.0 Å². The van der Waals surface area contributed by atoms with Crippen molar-refractivity contribution in [3.8, 4) is 0 Å². The largest absolute Gasteiger partial charge is 0.389 e. The van der Waals surface area contributed by atoms with Crippen molar-refractivity contribution in [2.75, 3.05) is 12.3 Å². The van der Waals surface area contributed by atoms with E-state index in [4.69, 9.17) is 5.73 Å². The molecule has 0 saturated heterocycles. The van der Waals surface area contributed by atoms with Crippen LogP contribution in [0, 0.1) is 5.92 Å². The Balaban J connectivity index is 1.82. The Labute approximate surface area is 149 Å². The van der Waals surface area contributed by atoms with Gasteiger partial charge in [0.05, 0.1) is 6.10 Å². The minimum absolute atomic E-state index is 0.288. The van der Waals surface area contributed by atoms with Crippen molar-refractivity contribution in [3.63, 3.8) is 0 Å². The molecule has 0 heterocycles. The molecule has 1 fully saturated rings. The van der Waals surface area contributed by atoms with E-state index in [0.29, 0.717) is 6.04 Å². The maximum atomic E-state index is 11.8. The number of amides is 2. The predicted molar refractivity (Wildman–Crippen MR) is 100 cm³/mol. The zero-order valence-electron chi connectivity index (χ0n) is 14.8. The van der Waals surface area contributed by atoms with Crippen molar-refractivity contribution in [1.29, 1.82) is 0 Å². The highest BCUT2D eigenvalue weighted by atomic mass is 32.2. The Kier molecular flexibility index (Phi) is 7.43. The van der Waals surface area contributed by atoms with E-state index in [0.717, 1.165) is 47.9 Å². The molecule has 1 unspecified atom stereocenters. The average molecular weight is 351 g/mol. The fourth-order valence-corrected chi connectivity index (χ4v) is 4.47. The van der Waals surface area contributed by atoms with E-state index in [9.17, 15) is 9.90 Å². The summed E-state index contributed by atoms with van der Waals surface area (Å²) in [6.45, 7) is 4.79. The molecule has 4 nitrogen and oxygen atoms in total. The van der Waals surface area contributed by atoms with E-state index in [1.807, 2.05) is 29.2 Å². The second-order valence-corrected chi connectivity index (χ2v) is 8.00. The lowest BCUT2D eigenvalue weighted by molar-refractivity contribution is 0.153. The molecule has 0 aliphatic heterocycles. The number of urea groups is 1. The van der Waals surface area contributed by atoms with Gasteiger partial charge in [0.15, 0.2) is 0 Å². The Morgan fingerprint density at radius 3 is 2.62 bits per heavy atom. The summed E-state index contributed by atoms with van der Waals surface area (Å²) in [5.74, 6) is 1.68. The summed E-state index contributed by atoms with van der Waals surface area (Å²) < 4.78 is 0. The Morgan fingerprint density at radius 2 is 2.00 bits per heavy atom. The van der Waals surface area contributed by atoms with E-state index < -0.39 is 6.10 Å². The van der Waals surface area contributed by atoms with Crippen LogP contribution in [-0.4, -0.2) is 34.4 Å². The fourth-order valence-electron chi connectivity index (χ4n) is 3.40. The van der Waals surface area contributed by atoms with Crippen LogP contribution >= 0.6 is 11.8 Å². The SMILES string of the molecule is CC1CCC(N(CCCSc2ccccc2C(C)O)C(N)=O)CC1. The number of hydrogen-bond acceptors (Lipinski definition) is 3. The molecule has 1 aliphatic rings. The molecule has 134 valence electrons. The quantitative estimate of drug-likeness (QED) is 0.572. The van der Waals surface area contributed by atoms with Gasteiger partial charge in [0.2, 0.25) is 0 Å². The first-order valence-electron chi connectivity index (χ1n) is 8.95. The van der Waals surface area contributed by atoms with Crippen LogP contribution in [0.15, 0.2) is 29.2 Å². The molecule has 1 saturated carbocycles. The van der Waals surface area contributed by atoms with Gasteiger partial charge in [-0.05, 0) is 62.3 Å². The molecule has 1 aliphatic carbocycles. The number of carbonyl (C=O) groups is 1. The second kappa shape index (κ2) is 9.33. The van der Waals surface area contributed by atoms with Gasteiger partial charge >= 0.3 is 6.03 Å². The lowest BCUT2D eigenvalue weighted by atomic mass is 9.86. The lowest BCUT2D eigenvalue weighted by Gasteiger charge is -2.35.